The molecule has 1 saturated heterocycles. The van der Waals surface area contributed by atoms with E-state index in [4.69, 9.17) is 9.47 Å². The molecule has 0 spiro atoms. The summed E-state index contributed by atoms with van der Waals surface area (Å²) in [5.41, 5.74) is 0. The first-order valence-electron chi connectivity index (χ1n) is 20.9. The van der Waals surface area contributed by atoms with E-state index in [-0.39, 0.29) is 12.8 Å². The maximum atomic E-state index is 13.0. The van der Waals surface area contributed by atoms with Gasteiger partial charge >= 0.3 is 0 Å². The van der Waals surface area contributed by atoms with Gasteiger partial charge in [0, 0.05) is 0 Å². The van der Waals surface area contributed by atoms with Gasteiger partial charge in [0.25, 0.3) is 0 Å². The van der Waals surface area contributed by atoms with Crippen LogP contribution in [0.3, 0.4) is 0 Å². The van der Waals surface area contributed by atoms with Gasteiger partial charge in [-0.3, -0.25) is 4.79 Å². The number of aliphatic hydroxyl groups is 7. The Kier molecular flexibility index (Phi) is 30.3. The van der Waals surface area contributed by atoms with Crippen molar-refractivity contribution in [2.45, 2.75) is 210 Å². The molecule has 1 rings (SSSR count). The van der Waals surface area contributed by atoms with Crippen LogP contribution in [0.1, 0.15) is 155 Å². The van der Waals surface area contributed by atoms with Gasteiger partial charge in [-0.1, -0.05) is 121 Å². The van der Waals surface area contributed by atoms with Gasteiger partial charge in [-0.15, -0.1) is 0 Å². The molecule has 11 heteroatoms. The summed E-state index contributed by atoms with van der Waals surface area (Å²) in [6.45, 7) is 3.33. The summed E-state index contributed by atoms with van der Waals surface area (Å²) in [4.78, 5) is 13.0. The summed E-state index contributed by atoms with van der Waals surface area (Å²) in [5.74, 6) is -0.719. The number of unbranched alkanes of at least 4 members (excludes halogenated alkanes) is 15. The second-order valence-electron chi connectivity index (χ2n) is 14.7. The minimum Gasteiger partial charge on any atom is -0.394 e. The minimum absolute atomic E-state index is 0.240. The molecule has 0 saturated carbocycles. The van der Waals surface area contributed by atoms with Gasteiger partial charge in [0.2, 0.25) is 5.91 Å². The summed E-state index contributed by atoms with van der Waals surface area (Å²) in [5, 5.41) is 75.2. The molecule has 1 aliphatic rings. The molecular weight excluding hydrogens is 678 g/mol. The van der Waals surface area contributed by atoms with Crippen LogP contribution in [0.2, 0.25) is 0 Å². The topological polar surface area (TPSA) is 189 Å². The van der Waals surface area contributed by atoms with Crippen LogP contribution in [0.15, 0.2) is 36.5 Å². The smallest absolute Gasteiger partial charge is 0.249 e. The van der Waals surface area contributed by atoms with Crippen molar-refractivity contribution in [1.82, 2.24) is 5.32 Å². The molecule has 9 unspecified atom stereocenters. The van der Waals surface area contributed by atoms with Crippen molar-refractivity contribution >= 4 is 5.91 Å². The van der Waals surface area contributed by atoms with Crippen LogP contribution in [0.25, 0.3) is 0 Å². The van der Waals surface area contributed by atoms with Crippen molar-refractivity contribution < 1.29 is 50.0 Å². The number of nitrogens with one attached hydrogen (secondary N) is 1. The molecule has 1 aliphatic heterocycles. The van der Waals surface area contributed by atoms with Gasteiger partial charge in [0.1, 0.15) is 36.6 Å². The number of aliphatic hydroxyl groups excluding tert-OH is 7. The molecule has 8 N–H and O–H groups in total. The molecule has 0 aromatic rings. The van der Waals surface area contributed by atoms with Crippen molar-refractivity contribution in [3.8, 4) is 0 Å². The van der Waals surface area contributed by atoms with Gasteiger partial charge in [0.05, 0.1) is 25.4 Å². The highest BCUT2D eigenvalue weighted by Crippen LogP contribution is 2.23. The number of ether oxygens (including phenoxy) is 2. The molecule has 0 aromatic carbocycles. The van der Waals surface area contributed by atoms with E-state index in [1.807, 2.05) is 0 Å². The quantitative estimate of drug-likeness (QED) is 0.0307. The van der Waals surface area contributed by atoms with Crippen LogP contribution < -0.4 is 5.32 Å². The lowest BCUT2D eigenvalue weighted by atomic mass is 9.98. The van der Waals surface area contributed by atoms with E-state index < -0.39 is 74.2 Å². The molecule has 1 heterocycles. The average Bonchev–Trinajstić information content (AvgIpc) is 3.16. The number of hydrogen-bond donors (Lipinski definition) is 8. The number of hydrogen-bond acceptors (Lipinski definition) is 10. The number of carbonyl (C=O) groups excluding carboxylic acids is 1. The Labute approximate surface area is 320 Å². The van der Waals surface area contributed by atoms with Crippen LogP contribution in [0.5, 0.6) is 0 Å². The predicted molar refractivity (Wildman–Crippen MR) is 210 cm³/mol. The number of carbonyl (C=O) groups is 1. The normalized spacial score (nSPS) is 23.2. The van der Waals surface area contributed by atoms with E-state index in [9.17, 15) is 40.5 Å². The summed E-state index contributed by atoms with van der Waals surface area (Å²) in [7, 11) is 0. The first-order valence-corrected chi connectivity index (χ1v) is 20.9. The third-order valence-corrected chi connectivity index (χ3v) is 9.92. The second-order valence-corrected chi connectivity index (χ2v) is 14.7. The SMILES string of the molecule is CCCCC/C=C\C/C=C\CCCCCCCCC(O)C(=O)NC(COC1OC(CO)C(O)C(O)C1O)C(O)C(O)CCC/C=C/CCCCCCC. The lowest BCUT2D eigenvalue weighted by molar-refractivity contribution is -0.303. The molecule has 53 heavy (non-hydrogen) atoms. The van der Waals surface area contributed by atoms with Crippen LogP contribution in [0, 0.1) is 0 Å². The maximum Gasteiger partial charge on any atom is 0.249 e. The first-order chi connectivity index (χ1) is 25.7. The summed E-state index contributed by atoms with van der Waals surface area (Å²) in [6, 6.07) is -1.19. The molecular formula is C42H77NO10. The molecule has 0 bridgehead atoms. The van der Waals surface area contributed by atoms with Gasteiger partial charge in [0.15, 0.2) is 6.29 Å². The van der Waals surface area contributed by atoms with Crippen LogP contribution >= 0.6 is 0 Å². The molecule has 1 fully saturated rings. The lowest BCUT2D eigenvalue weighted by Crippen LogP contribution is -2.60. The Balaban J connectivity index is 2.53. The second kappa shape index (κ2) is 32.6. The van der Waals surface area contributed by atoms with Crippen molar-refractivity contribution in [1.29, 1.82) is 0 Å². The van der Waals surface area contributed by atoms with E-state index in [1.165, 1.54) is 51.4 Å². The zero-order valence-corrected chi connectivity index (χ0v) is 33.0. The van der Waals surface area contributed by atoms with Crippen LogP contribution in [-0.2, 0) is 14.3 Å². The zero-order chi connectivity index (χ0) is 39.1. The van der Waals surface area contributed by atoms with E-state index in [0.29, 0.717) is 12.8 Å². The fourth-order valence-electron chi connectivity index (χ4n) is 6.35. The van der Waals surface area contributed by atoms with Gasteiger partial charge < -0.3 is 50.5 Å². The Hall–Kier alpha value is -1.67. The summed E-state index contributed by atoms with van der Waals surface area (Å²) >= 11 is 0. The Morgan fingerprint density at radius 1 is 0.660 bits per heavy atom. The monoisotopic (exact) mass is 756 g/mol. The van der Waals surface area contributed by atoms with Crippen LogP contribution in [0.4, 0.5) is 0 Å². The fraction of sp³-hybridized carbons (Fsp3) is 0.833. The van der Waals surface area contributed by atoms with Crippen molar-refractivity contribution in [3.63, 3.8) is 0 Å². The molecule has 9 atom stereocenters. The summed E-state index contributed by atoms with van der Waals surface area (Å²) in [6.07, 6.45) is 23.5. The molecule has 11 nitrogen and oxygen atoms in total. The van der Waals surface area contributed by atoms with Crippen LogP contribution in [-0.4, -0.2) is 110 Å². The van der Waals surface area contributed by atoms with E-state index in [2.05, 4.69) is 55.6 Å². The van der Waals surface area contributed by atoms with Gasteiger partial charge in [-0.05, 0) is 70.6 Å². The standard InChI is InChI=1S/C42H77NO10/c1-3-5-7-9-11-13-15-16-17-18-19-20-22-24-26-28-30-35(46)41(51)43-33(32-52-42-40(50)39(49)38(48)36(31-44)53-42)37(47)34(45)29-27-25-23-21-14-12-10-8-6-4-2/h11,13,16-17,21,23,33-40,42,44-50H,3-10,12,14-15,18-20,22,24-32H2,1-2H3,(H,43,51)/b13-11-,17-16-,23-21+. The Morgan fingerprint density at radius 2 is 1.17 bits per heavy atom. The van der Waals surface area contributed by atoms with Crippen molar-refractivity contribution in [2.75, 3.05) is 13.2 Å². The Bertz CT molecular complexity index is 960. The average molecular weight is 756 g/mol. The predicted octanol–water partition coefficient (Wildman–Crippen LogP) is 5.66. The lowest BCUT2D eigenvalue weighted by Gasteiger charge is -2.40. The molecule has 0 radical (unpaired) electrons. The fourth-order valence-corrected chi connectivity index (χ4v) is 6.35. The Morgan fingerprint density at radius 3 is 1.77 bits per heavy atom. The highest BCUT2D eigenvalue weighted by atomic mass is 16.7. The molecule has 310 valence electrons. The van der Waals surface area contributed by atoms with Gasteiger partial charge in [-0.2, -0.15) is 0 Å². The largest absolute Gasteiger partial charge is 0.394 e. The molecule has 0 aliphatic carbocycles. The number of allylic oxidation sites excluding steroid dienone is 6. The number of rotatable bonds is 33. The van der Waals surface area contributed by atoms with Crippen molar-refractivity contribution in [2.24, 2.45) is 0 Å². The highest BCUT2D eigenvalue weighted by Gasteiger charge is 2.44. The number of amides is 1. The van der Waals surface area contributed by atoms with Gasteiger partial charge in [-0.25, -0.2) is 0 Å². The third-order valence-electron chi connectivity index (χ3n) is 9.92. The van der Waals surface area contributed by atoms with E-state index in [0.717, 1.165) is 64.2 Å². The summed E-state index contributed by atoms with van der Waals surface area (Å²) < 4.78 is 11.0. The van der Waals surface area contributed by atoms with E-state index >= 15 is 0 Å². The minimum atomic E-state index is -1.67. The third kappa shape index (κ3) is 23.1. The van der Waals surface area contributed by atoms with Crippen molar-refractivity contribution in [3.05, 3.63) is 36.5 Å². The van der Waals surface area contributed by atoms with E-state index in [1.54, 1.807) is 0 Å². The zero-order valence-electron chi connectivity index (χ0n) is 33.0. The highest BCUT2D eigenvalue weighted by molar-refractivity contribution is 5.80. The maximum absolute atomic E-state index is 13.0. The molecule has 1 amide bonds. The first kappa shape index (κ1) is 49.3. The molecule has 0 aromatic heterocycles.